The maximum Gasteiger partial charge on any atom is 0.408 e. The lowest BCUT2D eigenvalue weighted by Gasteiger charge is -2.25. The molecule has 46 heavy (non-hydrogen) atoms. The molecule has 242 valence electrons. The molecule has 4 aromatic rings. The molecule has 0 aliphatic heterocycles. The zero-order valence-corrected chi connectivity index (χ0v) is 27.0. The zero-order valence-electron chi connectivity index (χ0n) is 27.0. The second kappa shape index (κ2) is 14.7. The van der Waals surface area contributed by atoms with Crippen molar-refractivity contribution >= 4 is 40.5 Å². The van der Waals surface area contributed by atoms with Crippen LogP contribution in [0.15, 0.2) is 82.0 Å². The van der Waals surface area contributed by atoms with Crippen molar-refractivity contribution in [2.45, 2.75) is 78.1 Å². The number of hydrogen-bond acceptors (Lipinski definition) is 8. The van der Waals surface area contributed by atoms with E-state index in [0.29, 0.717) is 22.2 Å². The highest BCUT2D eigenvalue weighted by Gasteiger charge is 2.29. The Morgan fingerprint density at radius 2 is 1.41 bits per heavy atom. The third-order valence-corrected chi connectivity index (χ3v) is 6.82. The Balaban J connectivity index is 1.62. The molecular weight excluding hydrogens is 586 g/mol. The number of ether oxygens (including phenoxy) is 1. The summed E-state index contributed by atoms with van der Waals surface area (Å²) in [6, 6.07) is 19.8. The number of carbonyl (C=O) groups is 3. The summed E-state index contributed by atoms with van der Waals surface area (Å²) in [5.74, 6) is -1.04. The monoisotopic (exact) mass is 627 g/mol. The van der Waals surface area contributed by atoms with Crippen LogP contribution in [0.3, 0.4) is 0 Å². The van der Waals surface area contributed by atoms with Gasteiger partial charge in [-0.3, -0.25) is 9.59 Å². The number of nitrogens with zero attached hydrogens (tertiary/aromatic N) is 1. The number of alkyl carbamates (subject to hydrolysis) is 1. The smallest absolute Gasteiger partial charge is 0.408 e. The third-order valence-electron chi connectivity index (χ3n) is 6.82. The number of amides is 3. The summed E-state index contributed by atoms with van der Waals surface area (Å²) in [5, 5.41) is 11.7. The predicted octanol–water partition coefficient (Wildman–Crippen LogP) is 5.12. The average molecular weight is 628 g/mol. The van der Waals surface area contributed by atoms with Crippen molar-refractivity contribution in [3.63, 3.8) is 0 Å². The molecule has 0 unspecified atom stereocenters. The number of aryl methyl sites for hydroxylation is 1. The fraction of sp³-hybridized carbons (Fsp3) is 0.343. The molecule has 0 saturated heterocycles. The Labute approximate surface area is 268 Å². The SMILES string of the molecule is Cc1cc(NC(=O)[C@H](Cc2ccccc2)NC(=O)[C@H](Cc2ccccc2)NC(=O)OC(C)(C)C)cc2nc(NC(C)C)oc(=O)c12. The van der Waals surface area contributed by atoms with Crippen LogP contribution in [0.4, 0.5) is 16.5 Å². The number of nitrogens with one attached hydrogen (secondary N) is 4. The van der Waals surface area contributed by atoms with Crippen molar-refractivity contribution in [2.75, 3.05) is 10.6 Å². The van der Waals surface area contributed by atoms with Gasteiger partial charge in [-0.25, -0.2) is 9.59 Å². The number of anilines is 2. The Morgan fingerprint density at radius 3 is 1.96 bits per heavy atom. The van der Waals surface area contributed by atoms with Gasteiger partial charge in [-0.05, 0) is 70.4 Å². The summed E-state index contributed by atoms with van der Waals surface area (Å²) >= 11 is 0. The van der Waals surface area contributed by atoms with E-state index in [0.717, 1.165) is 11.1 Å². The minimum Gasteiger partial charge on any atom is -0.444 e. The van der Waals surface area contributed by atoms with Crippen LogP contribution < -0.4 is 26.9 Å². The number of carbonyl (C=O) groups excluding carboxylic acids is 3. The van der Waals surface area contributed by atoms with E-state index in [9.17, 15) is 19.2 Å². The standard InChI is InChI=1S/C35H41N5O6/c1-21(2)36-33-39-26-20-25(17-22(3)29(26)32(43)45-33)37-30(41)27(18-23-13-9-7-10-14-23)38-31(42)28(19-24-15-11-8-12-16-24)40-34(44)46-35(4,5)6/h7-17,20-21,27-28H,18-19H2,1-6H3,(H,36,39)(H,37,41)(H,38,42)(H,40,44)/t27-,28-/m0/s1. The van der Waals surface area contributed by atoms with Crippen LogP contribution in [0.5, 0.6) is 0 Å². The molecule has 0 bridgehead atoms. The maximum absolute atomic E-state index is 13.8. The van der Waals surface area contributed by atoms with Gasteiger partial charge in [0.25, 0.3) is 6.01 Å². The van der Waals surface area contributed by atoms with Crippen molar-refractivity contribution in [1.29, 1.82) is 0 Å². The molecule has 11 nitrogen and oxygen atoms in total. The highest BCUT2D eigenvalue weighted by molar-refractivity contribution is 6.00. The maximum atomic E-state index is 13.8. The number of fused-ring (bicyclic) bond motifs is 1. The van der Waals surface area contributed by atoms with Gasteiger partial charge < -0.3 is 30.4 Å². The lowest BCUT2D eigenvalue weighted by atomic mass is 10.0. The quantitative estimate of drug-likeness (QED) is 0.179. The molecular formula is C35H41N5O6. The number of rotatable bonds is 11. The molecule has 0 fully saturated rings. The van der Waals surface area contributed by atoms with Crippen molar-refractivity contribution in [3.8, 4) is 0 Å². The van der Waals surface area contributed by atoms with Crippen LogP contribution in [0.1, 0.15) is 51.3 Å². The van der Waals surface area contributed by atoms with Gasteiger partial charge in [0.05, 0.1) is 10.9 Å². The van der Waals surface area contributed by atoms with Gasteiger partial charge in [-0.15, -0.1) is 0 Å². The Kier molecular flexibility index (Phi) is 10.8. The van der Waals surface area contributed by atoms with E-state index in [-0.39, 0.29) is 24.9 Å². The van der Waals surface area contributed by atoms with Gasteiger partial charge in [0.2, 0.25) is 11.8 Å². The zero-order chi connectivity index (χ0) is 33.4. The summed E-state index contributed by atoms with van der Waals surface area (Å²) < 4.78 is 10.7. The molecule has 4 N–H and O–H groups in total. The van der Waals surface area contributed by atoms with E-state index in [2.05, 4.69) is 26.3 Å². The average Bonchev–Trinajstić information content (AvgIpc) is 2.95. The number of benzene rings is 3. The summed E-state index contributed by atoms with van der Waals surface area (Å²) in [7, 11) is 0. The summed E-state index contributed by atoms with van der Waals surface area (Å²) in [5.41, 5.74) is 1.63. The van der Waals surface area contributed by atoms with E-state index in [1.165, 1.54) is 0 Å². The molecule has 1 aromatic heterocycles. The second-order valence-electron chi connectivity index (χ2n) is 12.4. The van der Waals surface area contributed by atoms with Gasteiger partial charge in [-0.2, -0.15) is 4.98 Å². The van der Waals surface area contributed by atoms with Crippen LogP contribution in [-0.2, 0) is 27.2 Å². The van der Waals surface area contributed by atoms with Crippen molar-refractivity contribution in [1.82, 2.24) is 15.6 Å². The van der Waals surface area contributed by atoms with Crippen LogP contribution in [0.25, 0.3) is 10.9 Å². The molecule has 0 radical (unpaired) electrons. The first kappa shape index (κ1) is 33.7. The molecule has 3 amide bonds. The van der Waals surface area contributed by atoms with E-state index in [1.54, 1.807) is 39.8 Å². The predicted molar refractivity (Wildman–Crippen MR) is 178 cm³/mol. The van der Waals surface area contributed by atoms with E-state index in [4.69, 9.17) is 9.15 Å². The first-order valence-electron chi connectivity index (χ1n) is 15.2. The summed E-state index contributed by atoms with van der Waals surface area (Å²) in [6.07, 6.45) is -0.390. The lowest BCUT2D eigenvalue weighted by molar-refractivity contribution is -0.127. The van der Waals surface area contributed by atoms with Crippen LogP contribution >= 0.6 is 0 Å². The van der Waals surface area contributed by atoms with E-state index < -0.39 is 41.2 Å². The van der Waals surface area contributed by atoms with Crippen LogP contribution in [0, 0.1) is 6.92 Å². The molecule has 3 aromatic carbocycles. The Bertz CT molecular complexity index is 1730. The van der Waals surface area contributed by atoms with Crippen molar-refractivity contribution in [2.24, 2.45) is 0 Å². The first-order valence-corrected chi connectivity index (χ1v) is 15.2. The van der Waals surface area contributed by atoms with E-state index in [1.807, 2.05) is 74.5 Å². The second-order valence-corrected chi connectivity index (χ2v) is 12.4. The first-order chi connectivity index (χ1) is 21.8. The van der Waals surface area contributed by atoms with Gasteiger partial charge in [-0.1, -0.05) is 60.7 Å². The fourth-order valence-corrected chi connectivity index (χ4v) is 4.84. The van der Waals surface area contributed by atoms with Gasteiger partial charge in [0, 0.05) is 24.6 Å². The number of hydrogen-bond donors (Lipinski definition) is 4. The Hall–Kier alpha value is -5.19. The molecule has 4 rings (SSSR count). The van der Waals surface area contributed by atoms with Gasteiger partial charge in [0.1, 0.15) is 17.7 Å². The van der Waals surface area contributed by atoms with Crippen LogP contribution in [-0.4, -0.2) is 46.6 Å². The lowest BCUT2D eigenvalue weighted by Crippen LogP contribution is -2.54. The largest absolute Gasteiger partial charge is 0.444 e. The molecule has 0 saturated carbocycles. The van der Waals surface area contributed by atoms with Crippen molar-refractivity contribution in [3.05, 3.63) is 99.9 Å². The highest BCUT2D eigenvalue weighted by atomic mass is 16.6. The molecule has 0 aliphatic carbocycles. The van der Waals surface area contributed by atoms with Crippen LogP contribution in [0.2, 0.25) is 0 Å². The molecule has 0 spiro atoms. The molecule has 2 atom stereocenters. The Morgan fingerprint density at radius 1 is 0.848 bits per heavy atom. The molecule has 0 aliphatic rings. The number of aromatic nitrogens is 1. The normalized spacial score (nSPS) is 12.7. The fourth-order valence-electron chi connectivity index (χ4n) is 4.84. The third kappa shape index (κ3) is 9.65. The van der Waals surface area contributed by atoms with Gasteiger partial charge >= 0.3 is 11.7 Å². The molecule has 1 heterocycles. The summed E-state index contributed by atoms with van der Waals surface area (Å²) in [6.45, 7) is 10.7. The topological polar surface area (TPSA) is 152 Å². The minimum absolute atomic E-state index is 0.0186. The summed E-state index contributed by atoms with van der Waals surface area (Å²) in [4.78, 5) is 57.4. The van der Waals surface area contributed by atoms with E-state index >= 15 is 0 Å². The van der Waals surface area contributed by atoms with Crippen molar-refractivity contribution < 1.29 is 23.5 Å². The van der Waals surface area contributed by atoms with Gasteiger partial charge in [0.15, 0.2) is 0 Å². The highest BCUT2D eigenvalue weighted by Crippen LogP contribution is 2.22. The molecule has 11 heteroatoms. The minimum atomic E-state index is -1.03.